The Morgan fingerprint density at radius 2 is 2.18 bits per heavy atom. The van der Waals surface area contributed by atoms with E-state index in [9.17, 15) is 4.79 Å². The van der Waals surface area contributed by atoms with Crippen LogP contribution >= 0.6 is 11.6 Å². The molecule has 1 aliphatic carbocycles. The van der Waals surface area contributed by atoms with Crippen molar-refractivity contribution in [3.8, 4) is 0 Å². The lowest BCUT2D eigenvalue weighted by Gasteiger charge is -2.08. The minimum atomic E-state index is -0.0308. The van der Waals surface area contributed by atoms with Gasteiger partial charge in [0.15, 0.2) is 0 Å². The van der Waals surface area contributed by atoms with Crippen LogP contribution < -0.4 is 10.6 Å². The van der Waals surface area contributed by atoms with Crippen LogP contribution in [0.5, 0.6) is 0 Å². The molecule has 3 nitrogen and oxygen atoms in total. The summed E-state index contributed by atoms with van der Waals surface area (Å²) in [7, 11) is 0. The molecule has 1 aliphatic rings. The van der Waals surface area contributed by atoms with Gasteiger partial charge in [0, 0.05) is 29.7 Å². The van der Waals surface area contributed by atoms with Crippen molar-refractivity contribution >= 4 is 17.5 Å². The highest BCUT2D eigenvalue weighted by Crippen LogP contribution is 2.18. The number of carbonyl (C=O) groups excluding carboxylic acids is 1. The van der Waals surface area contributed by atoms with Crippen molar-refractivity contribution in [1.82, 2.24) is 10.6 Å². The average Bonchev–Trinajstić information content (AvgIpc) is 3.08. The molecular weight excluding hydrogens is 236 g/mol. The zero-order chi connectivity index (χ0) is 12.3. The summed E-state index contributed by atoms with van der Waals surface area (Å²) in [6.07, 6.45) is 2.54. The molecule has 0 bridgehead atoms. The zero-order valence-electron chi connectivity index (χ0n) is 9.92. The highest BCUT2D eigenvalue weighted by atomic mass is 35.5. The lowest BCUT2D eigenvalue weighted by Crippen LogP contribution is -2.32. The number of nitrogens with one attached hydrogen (secondary N) is 2. The van der Waals surface area contributed by atoms with Gasteiger partial charge < -0.3 is 10.6 Å². The van der Waals surface area contributed by atoms with Gasteiger partial charge in [0.05, 0.1) is 0 Å². The Labute approximate surface area is 107 Å². The number of amides is 1. The average molecular weight is 253 g/mol. The highest BCUT2D eigenvalue weighted by Gasteiger charge is 2.19. The minimum absolute atomic E-state index is 0.0308. The molecule has 2 N–H and O–H groups in total. The Balaban J connectivity index is 1.81. The quantitative estimate of drug-likeness (QED) is 0.789. The van der Waals surface area contributed by atoms with Gasteiger partial charge in [-0.05, 0) is 43.5 Å². The highest BCUT2D eigenvalue weighted by molar-refractivity contribution is 6.30. The first-order valence-electron chi connectivity index (χ1n) is 5.94. The van der Waals surface area contributed by atoms with Crippen molar-refractivity contribution in [3.63, 3.8) is 0 Å². The molecule has 0 saturated heterocycles. The van der Waals surface area contributed by atoms with E-state index in [1.165, 1.54) is 12.8 Å². The van der Waals surface area contributed by atoms with Crippen LogP contribution in [0, 0.1) is 6.92 Å². The van der Waals surface area contributed by atoms with Crippen LogP contribution in [0.2, 0.25) is 5.02 Å². The number of rotatable bonds is 5. The van der Waals surface area contributed by atoms with Crippen molar-refractivity contribution in [2.75, 3.05) is 13.1 Å². The van der Waals surface area contributed by atoms with Crippen LogP contribution in [-0.2, 0) is 0 Å². The topological polar surface area (TPSA) is 41.1 Å². The van der Waals surface area contributed by atoms with E-state index in [0.29, 0.717) is 23.2 Å². The van der Waals surface area contributed by atoms with Gasteiger partial charge in [-0.25, -0.2) is 0 Å². The number of hydrogen-bond donors (Lipinski definition) is 2. The van der Waals surface area contributed by atoms with Crippen molar-refractivity contribution < 1.29 is 4.79 Å². The SMILES string of the molecule is Cc1cc(Cl)ccc1C(=O)NCCNC1CC1. The molecule has 1 saturated carbocycles. The van der Waals surface area contributed by atoms with Gasteiger partial charge in [0.1, 0.15) is 0 Å². The first-order valence-corrected chi connectivity index (χ1v) is 6.32. The van der Waals surface area contributed by atoms with E-state index >= 15 is 0 Å². The Kier molecular flexibility index (Phi) is 4.02. The summed E-state index contributed by atoms with van der Waals surface area (Å²) >= 11 is 5.85. The third-order valence-corrected chi connectivity index (χ3v) is 3.09. The van der Waals surface area contributed by atoms with E-state index in [0.717, 1.165) is 12.1 Å². The molecule has 1 aromatic carbocycles. The van der Waals surface area contributed by atoms with Crippen LogP contribution in [0.1, 0.15) is 28.8 Å². The molecule has 0 radical (unpaired) electrons. The third kappa shape index (κ3) is 3.72. The molecule has 1 fully saturated rings. The summed E-state index contributed by atoms with van der Waals surface area (Å²) in [5.74, 6) is -0.0308. The van der Waals surface area contributed by atoms with Gasteiger partial charge in [-0.2, -0.15) is 0 Å². The largest absolute Gasteiger partial charge is 0.351 e. The first kappa shape index (κ1) is 12.4. The minimum Gasteiger partial charge on any atom is -0.351 e. The van der Waals surface area contributed by atoms with Crippen LogP contribution in [0.15, 0.2) is 18.2 Å². The fourth-order valence-corrected chi connectivity index (χ4v) is 1.94. The molecule has 0 unspecified atom stereocenters. The molecule has 0 aromatic heterocycles. The van der Waals surface area contributed by atoms with Crippen LogP contribution in [0.25, 0.3) is 0 Å². The molecule has 0 heterocycles. The molecule has 0 spiro atoms. The van der Waals surface area contributed by atoms with Gasteiger partial charge in [-0.1, -0.05) is 11.6 Å². The van der Waals surface area contributed by atoms with Crippen LogP contribution in [0.4, 0.5) is 0 Å². The second-order valence-corrected chi connectivity index (χ2v) is 4.88. The van der Waals surface area contributed by atoms with Crippen molar-refractivity contribution in [3.05, 3.63) is 34.3 Å². The van der Waals surface area contributed by atoms with Gasteiger partial charge in [-0.15, -0.1) is 0 Å². The smallest absolute Gasteiger partial charge is 0.251 e. The summed E-state index contributed by atoms with van der Waals surface area (Å²) in [4.78, 5) is 11.9. The molecule has 92 valence electrons. The molecule has 4 heteroatoms. The number of hydrogen-bond acceptors (Lipinski definition) is 2. The maximum atomic E-state index is 11.9. The van der Waals surface area contributed by atoms with E-state index in [1.54, 1.807) is 18.2 Å². The molecule has 0 aliphatic heterocycles. The van der Waals surface area contributed by atoms with Crippen molar-refractivity contribution in [2.24, 2.45) is 0 Å². The van der Waals surface area contributed by atoms with E-state index in [1.807, 2.05) is 6.92 Å². The summed E-state index contributed by atoms with van der Waals surface area (Å²) in [6.45, 7) is 3.39. The summed E-state index contributed by atoms with van der Waals surface area (Å²) < 4.78 is 0. The van der Waals surface area contributed by atoms with E-state index in [4.69, 9.17) is 11.6 Å². The van der Waals surface area contributed by atoms with E-state index in [2.05, 4.69) is 10.6 Å². The lowest BCUT2D eigenvalue weighted by atomic mass is 10.1. The van der Waals surface area contributed by atoms with Crippen molar-refractivity contribution in [2.45, 2.75) is 25.8 Å². The fourth-order valence-electron chi connectivity index (χ4n) is 1.72. The monoisotopic (exact) mass is 252 g/mol. The number of carbonyl (C=O) groups is 1. The second kappa shape index (κ2) is 5.52. The molecule has 17 heavy (non-hydrogen) atoms. The van der Waals surface area contributed by atoms with Gasteiger partial charge in [0.2, 0.25) is 0 Å². The Hall–Kier alpha value is -1.06. The summed E-state index contributed by atoms with van der Waals surface area (Å²) in [5.41, 5.74) is 1.60. The fraction of sp³-hybridized carbons (Fsp3) is 0.462. The summed E-state index contributed by atoms with van der Waals surface area (Å²) in [5, 5.41) is 6.91. The van der Waals surface area contributed by atoms with Crippen molar-refractivity contribution in [1.29, 1.82) is 0 Å². The summed E-state index contributed by atoms with van der Waals surface area (Å²) in [6, 6.07) is 6.00. The van der Waals surface area contributed by atoms with Gasteiger partial charge in [0.25, 0.3) is 5.91 Å². The Morgan fingerprint density at radius 1 is 1.41 bits per heavy atom. The molecule has 1 amide bonds. The standard InChI is InChI=1S/C13H17ClN2O/c1-9-8-10(14)2-5-12(9)13(17)16-7-6-15-11-3-4-11/h2,5,8,11,15H,3-4,6-7H2,1H3,(H,16,17). The molecular formula is C13H17ClN2O. The van der Waals surface area contributed by atoms with Crippen LogP contribution in [-0.4, -0.2) is 25.0 Å². The number of benzene rings is 1. The normalized spacial score (nSPS) is 14.7. The lowest BCUT2D eigenvalue weighted by molar-refractivity contribution is 0.0953. The van der Waals surface area contributed by atoms with Gasteiger partial charge >= 0.3 is 0 Å². The predicted octanol–water partition coefficient (Wildman–Crippen LogP) is 2.13. The maximum absolute atomic E-state index is 11.9. The Bertz CT molecular complexity index is 416. The number of halogens is 1. The maximum Gasteiger partial charge on any atom is 0.251 e. The second-order valence-electron chi connectivity index (χ2n) is 4.44. The molecule has 2 rings (SSSR count). The Morgan fingerprint density at radius 3 is 2.82 bits per heavy atom. The third-order valence-electron chi connectivity index (χ3n) is 2.85. The van der Waals surface area contributed by atoms with Gasteiger partial charge in [-0.3, -0.25) is 4.79 Å². The van der Waals surface area contributed by atoms with Crippen LogP contribution in [0.3, 0.4) is 0 Å². The molecule has 1 aromatic rings. The molecule has 0 atom stereocenters. The predicted molar refractivity (Wildman–Crippen MR) is 69.5 cm³/mol. The van der Waals surface area contributed by atoms with E-state index < -0.39 is 0 Å². The number of aryl methyl sites for hydroxylation is 1. The zero-order valence-corrected chi connectivity index (χ0v) is 10.7. The first-order chi connectivity index (χ1) is 8.16. The van der Waals surface area contributed by atoms with E-state index in [-0.39, 0.29) is 5.91 Å².